The normalized spacial score (nSPS) is 21.9. The minimum absolute atomic E-state index is 0.0102. The number of aromatic nitrogens is 2. The quantitative estimate of drug-likeness (QED) is 0.453. The van der Waals surface area contributed by atoms with Gasteiger partial charge in [0.2, 0.25) is 5.43 Å². The summed E-state index contributed by atoms with van der Waals surface area (Å²) in [5.41, 5.74) is -0.781. The molecule has 1 saturated carbocycles. The van der Waals surface area contributed by atoms with Crippen molar-refractivity contribution in [2.45, 2.75) is 29.4 Å². The van der Waals surface area contributed by atoms with E-state index in [9.17, 15) is 14.7 Å². The average Bonchev–Trinajstić information content (AvgIpc) is 3.08. The Bertz CT molecular complexity index is 592. The maximum Gasteiger partial charge on any atom is 0.277 e. The molecule has 2 aliphatic rings. The first-order valence-corrected chi connectivity index (χ1v) is 6.98. The molecule has 18 heavy (non-hydrogen) atoms. The third kappa shape index (κ3) is 1.49. The lowest BCUT2D eigenvalue weighted by Gasteiger charge is -2.37. The smallest absolute Gasteiger partial charge is 0.277 e. The van der Waals surface area contributed by atoms with E-state index in [0.29, 0.717) is 6.54 Å². The van der Waals surface area contributed by atoms with Crippen molar-refractivity contribution in [3.63, 3.8) is 0 Å². The van der Waals surface area contributed by atoms with E-state index in [1.807, 2.05) is 6.92 Å². The van der Waals surface area contributed by atoms with Crippen LogP contribution in [0, 0.1) is 0 Å². The van der Waals surface area contributed by atoms with Gasteiger partial charge in [0.05, 0.1) is 15.8 Å². The molecule has 6 nitrogen and oxygen atoms in total. The minimum atomic E-state index is -0.603. The minimum Gasteiger partial charge on any atom is -0.502 e. The van der Waals surface area contributed by atoms with Gasteiger partial charge >= 0.3 is 0 Å². The zero-order valence-electron chi connectivity index (χ0n) is 9.76. The van der Waals surface area contributed by atoms with Crippen LogP contribution in [-0.4, -0.2) is 36.3 Å². The molecule has 0 saturated heterocycles. The predicted octanol–water partition coefficient (Wildman–Crippen LogP) is 0.675. The molecule has 1 amide bonds. The Morgan fingerprint density at radius 3 is 2.72 bits per heavy atom. The molecule has 0 unspecified atom stereocenters. The second-order valence-corrected chi connectivity index (χ2v) is 6.65. The first kappa shape index (κ1) is 11.9. The molecular weight excluding hydrogens is 349 g/mol. The van der Waals surface area contributed by atoms with Crippen LogP contribution < -0.4 is 5.43 Å². The molecule has 96 valence electrons. The molecule has 3 rings (SSSR count). The maximum atomic E-state index is 12.3. The molecule has 1 aliphatic carbocycles. The van der Waals surface area contributed by atoms with E-state index in [-0.39, 0.29) is 21.2 Å². The van der Waals surface area contributed by atoms with Crippen LogP contribution in [0.5, 0.6) is 5.75 Å². The highest BCUT2D eigenvalue weighted by Gasteiger charge is 2.53. The molecule has 2 heterocycles. The number of aromatic hydroxyl groups is 1. The number of fused-ring (bicyclic) bond motifs is 2. The van der Waals surface area contributed by atoms with E-state index in [0.717, 1.165) is 19.0 Å². The fourth-order valence-corrected chi connectivity index (χ4v) is 2.84. The van der Waals surface area contributed by atoms with Gasteiger partial charge in [0, 0.05) is 6.54 Å². The van der Waals surface area contributed by atoms with Gasteiger partial charge in [-0.05, 0) is 19.8 Å². The van der Waals surface area contributed by atoms with Crippen molar-refractivity contribution >= 4 is 28.5 Å². The summed E-state index contributed by atoms with van der Waals surface area (Å²) in [6, 6.07) is 0. The van der Waals surface area contributed by atoms with Gasteiger partial charge in [0.15, 0.2) is 11.4 Å². The number of rotatable bonds is 1. The molecule has 1 aromatic rings. The molecule has 0 aromatic carbocycles. The SMILES string of the molecule is C[C@@H](I)N1CC2(CC2)n2ncc(=O)c(O)c2C1=O. The fourth-order valence-electron chi connectivity index (χ4n) is 2.39. The van der Waals surface area contributed by atoms with Crippen LogP contribution in [0.25, 0.3) is 0 Å². The number of hydrogen-bond donors (Lipinski definition) is 1. The van der Waals surface area contributed by atoms with Crippen molar-refractivity contribution in [1.29, 1.82) is 0 Å². The number of carbonyl (C=O) groups excluding carboxylic acids is 1. The number of hydrogen-bond acceptors (Lipinski definition) is 4. The standard InChI is InChI=1S/C11H12IN3O3/c1-6(12)14-5-11(2-3-11)15-8(10(14)18)9(17)7(16)4-13-15/h4,6,17H,2-3,5H2,1H3/t6-/m0/s1. The predicted molar refractivity (Wildman–Crippen MR) is 71.9 cm³/mol. The molecular formula is C11H12IN3O3. The summed E-state index contributed by atoms with van der Waals surface area (Å²) in [7, 11) is 0. The third-order valence-electron chi connectivity index (χ3n) is 3.59. The lowest BCUT2D eigenvalue weighted by molar-refractivity contribution is 0.0623. The molecule has 0 bridgehead atoms. The fraction of sp³-hybridized carbons (Fsp3) is 0.545. The van der Waals surface area contributed by atoms with Crippen molar-refractivity contribution < 1.29 is 9.90 Å². The summed E-state index contributed by atoms with van der Waals surface area (Å²) in [5, 5.41) is 13.9. The highest BCUT2D eigenvalue weighted by atomic mass is 127. The van der Waals surface area contributed by atoms with Crippen molar-refractivity contribution in [2.24, 2.45) is 0 Å². The topological polar surface area (TPSA) is 75.4 Å². The lowest BCUT2D eigenvalue weighted by atomic mass is 10.1. The van der Waals surface area contributed by atoms with Gasteiger partial charge in [-0.2, -0.15) is 5.10 Å². The molecule has 0 radical (unpaired) electrons. The Hall–Kier alpha value is -1.12. The van der Waals surface area contributed by atoms with Crippen molar-refractivity contribution in [2.75, 3.05) is 6.54 Å². The van der Waals surface area contributed by atoms with Crippen LogP contribution in [0.2, 0.25) is 0 Å². The molecule has 1 aromatic heterocycles. The van der Waals surface area contributed by atoms with Crippen LogP contribution in [0.1, 0.15) is 30.3 Å². The zero-order chi connectivity index (χ0) is 13.1. The van der Waals surface area contributed by atoms with Gasteiger partial charge in [0.25, 0.3) is 5.91 Å². The molecule has 1 aliphatic heterocycles. The van der Waals surface area contributed by atoms with Gasteiger partial charge in [0.1, 0.15) is 0 Å². The van der Waals surface area contributed by atoms with E-state index in [1.165, 1.54) is 0 Å². The van der Waals surface area contributed by atoms with Gasteiger partial charge in [-0.3, -0.25) is 9.59 Å². The zero-order valence-corrected chi connectivity index (χ0v) is 11.9. The number of alkyl halides is 1. The Morgan fingerprint density at radius 2 is 2.17 bits per heavy atom. The van der Waals surface area contributed by atoms with Gasteiger partial charge < -0.3 is 10.0 Å². The van der Waals surface area contributed by atoms with Crippen molar-refractivity contribution in [1.82, 2.24) is 14.7 Å². The highest BCUT2D eigenvalue weighted by Crippen LogP contribution is 2.48. The number of nitrogens with zero attached hydrogens (tertiary/aromatic N) is 3. The molecule has 1 N–H and O–H groups in total. The lowest BCUT2D eigenvalue weighted by Crippen LogP contribution is -2.50. The van der Waals surface area contributed by atoms with Crippen LogP contribution in [-0.2, 0) is 5.54 Å². The Labute approximate surface area is 117 Å². The molecule has 1 spiro atoms. The number of carbonyl (C=O) groups is 1. The monoisotopic (exact) mass is 361 g/mol. The maximum absolute atomic E-state index is 12.3. The first-order valence-electron chi connectivity index (χ1n) is 5.73. The Balaban J connectivity index is 2.23. The number of halogens is 1. The van der Waals surface area contributed by atoms with E-state index in [2.05, 4.69) is 27.7 Å². The van der Waals surface area contributed by atoms with E-state index in [4.69, 9.17) is 0 Å². The van der Waals surface area contributed by atoms with Gasteiger partial charge in [-0.15, -0.1) is 0 Å². The summed E-state index contributed by atoms with van der Waals surface area (Å²) < 4.78 is 1.55. The van der Waals surface area contributed by atoms with E-state index in [1.54, 1.807) is 9.58 Å². The highest BCUT2D eigenvalue weighted by molar-refractivity contribution is 14.1. The average molecular weight is 361 g/mol. The van der Waals surface area contributed by atoms with E-state index < -0.39 is 11.2 Å². The molecule has 1 fully saturated rings. The summed E-state index contributed by atoms with van der Waals surface area (Å²) in [6.07, 6.45) is 2.92. The third-order valence-corrected chi connectivity index (χ3v) is 4.27. The first-order chi connectivity index (χ1) is 8.46. The van der Waals surface area contributed by atoms with Crippen LogP contribution >= 0.6 is 22.6 Å². The second-order valence-electron chi connectivity index (χ2n) is 4.85. The Morgan fingerprint density at radius 1 is 1.50 bits per heavy atom. The van der Waals surface area contributed by atoms with Crippen molar-refractivity contribution in [3.05, 3.63) is 22.1 Å². The molecule has 7 heteroatoms. The van der Waals surface area contributed by atoms with Crippen LogP contribution in [0.3, 0.4) is 0 Å². The van der Waals surface area contributed by atoms with Crippen LogP contribution in [0.15, 0.2) is 11.0 Å². The Kier molecular flexibility index (Phi) is 2.45. The largest absolute Gasteiger partial charge is 0.502 e. The van der Waals surface area contributed by atoms with Gasteiger partial charge in [-0.25, -0.2) is 4.68 Å². The summed E-state index contributed by atoms with van der Waals surface area (Å²) in [6.45, 7) is 2.51. The second kappa shape index (κ2) is 3.69. The van der Waals surface area contributed by atoms with Crippen LogP contribution in [0.4, 0.5) is 0 Å². The summed E-state index contributed by atoms with van der Waals surface area (Å²) >= 11 is 2.16. The van der Waals surface area contributed by atoms with E-state index >= 15 is 0 Å². The van der Waals surface area contributed by atoms with Crippen molar-refractivity contribution in [3.8, 4) is 5.75 Å². The number of amides is 1. The molecule has 1 atom stereocenters. The summed E-state index contributed by atoms with van der Waals surface area (Å²) in [4.78, 5) is 25.4. The van der Waals surface area contributed by atoms with Gasteiger partial charge in [-0.1, -0.05) is 22.6 Å². The summed E-state index contributed by atoms with van der Waals surface area (Å²) in [5.74, 6) is -0.805.